The summed E-state index contributed by atoms with van der Waals surface area (Å²) in [5.74, 6) is 1.26. The zero-order valence-electron chi connectivity index (χ0n) is 13.2. The molecule has 0 bridgehead atoms. The molecule has 4 aromatic rings. The number of aryl methyl sites for hydroxylation is 1. The minimum absolute atomic E-state index is 0.511. The van der Waals surface area contributed by atoms with Gasteiger partial charge in [0.2, 0.25) is 5.89 Å². The van der Waals surface area contributed by atoms with Crippen LogP contribution in [0, 0.1) is 6.92 Å². The number of halogens is 1. The largest absolute Gasteiger partial charge is 0.440 e. The Morgan fingerprint density at radius 1 is 1.12 bits per heavy atom. The van der Waals surface area contributed by atoms with Crippen LogP contribution in [0.5, 0.6) is 0 Å². The van der Waals surface area contributed by atoms with E-state index < -0.39 is 0 Å². The van der Waals surface area contributed by atoms with Crippen molar-refractivity contribution >= 4 is 22.5 Å². The summed E-state index contributed by atoms with van der Waals surface area (Å²) in [4.78, 5) is 4.37. The Morgan fingerprint density at radius 3 is 2.54 bits per heavy atom. The van der Waals surface area contributed by atoms with Crippen LogP contribution in [0.15, 0.2) is 59.1 Å². The van der Waals surface area contributed by atoms with Crippen molar-refractivity contribution < 1.29 is 4.42 Å². The van der Waals surface area contributed by atoms with Gasteiger partial charge in [-0.2, -0.15) is 0 Å². The molecule has 0 radical (unpaired) electrons. The van der Waals surface area contributed by atoms with Gasteiger partial charge in [-0.15, -0.1) is 0 Å². The van der Waals surface area contributed by atoms with E-state index in [0.29, 0.717) is 17.5 Å². The molecule has 0 saturated carbocycles. The number of rotatable bonds is 3. The molecule has 0 saturated heterocycles. The maximum atomic E-state index is 6.67. The van der Waals surface area contributed by atoms with Crippen molar-refractivity contribution in [2.24, 2.45) is 5.73 Å². The maximum Gasteiger partial charge on any atom is 0.245 e. The van der Waals surface area contributed by atoms with E-state index in [4.69, 9.17) is 21.8 Å². The zero-order chi connectivity index (χ0) is 16.7. The van der Waals surface area contributed by atoms with Crippen molar-refractivity contribution in [2.45, 2.75) is 13.5 Å². The normalized spacial score (nSPS) is 11.3. The molecular weight excluding hydrogens is 322 g/mol. The zero-order valence-corrected chi connectivity index (χ0v) is 13.9. The molecule has 4 rings (SSSR count). The van der Waals surface area contributed by atoms with E-state index in [1.54, 1.807) is 6.20 Å². The van der Waals surface area contributed by atoms with Crippen molar-refractivity contribution in [1.82, 2.24) is 9.55 Å². The lowest BCUT2D eigenvalue weighted by molar-refractivity contribution is 0.539. The number of benzene rings is 2. The first-order chi connectivity index (χ1) is 11.7. The number of para-hydroxylation sites is 1. The molecule has 5 heteroatoms. The van der Waals surface area contributed by atoms with Gasteiger partial charge >= 0.3 is 0 Å². The van der Waals surface area contributed by atoms with Gasteiger partial charge in [-0.05, 0) is 30.7 Å². The van der Waals surface area contributed by atoms with Crippen molar-refractivity contribution in [2.75, 3.05) is 0 Å². The van der Waals surface area contributed by atoms with Gasteiger partial charge in [0.15, 0.2) is 0 Å². The van der Waals surface area contributed by atoms with Crippen LogP contribution in [0.3, 0.4) is 0 Å². The van der Waals surface area contributed by atoms with Crippen molar-refractivity contribution in [1.29, 1.82) is 0 Å². The van der Waals surface area contributed by atoms with Gasteiger partial charge in [0.05, 0.1) is 16.7 Å². The molecule has 2 heterocycles. The topological polar surface area (TPSA) is 57.0 Å². The summed E-state index contributed by atoms with van der Waals surface area (Å²) >= 11 is 6.67. The molecule has 2 aromatic heterocycles. The number of hydrogen-bond donors (Lipinski definition) is 1. The third-order valence-electron chi connectivity index (χ3n) is 4.07. The van der Waals surface area contributed by atoms with Crippen molar-refractivity contribution in [3.05, 3.63) is 71.1 Å². The van der Waals surface area contributed by atoms with Gasteiger partial charge < -0.3 is 14.7 Å². The van der Waals surface area contributed by atoms with Crippen LogP contribution in [0.2, 0.25) is 5.02 Å². The van der Waals surface area contributed by atoms with Gasteiger partial charge in [-0.3, -0.25) is 0 Å². The van der Waals surface area contributed by atoms with E-state index in [-0.39, 0.29) is 0 Å². The molecule has 0 aliphatic carbocycles. The first-order valence-electron chi connectivity index (χ1n) is 7.70. The summed E-state index contributed by atoms with van der Waals surface area (Å²) in [5, 5.41) is 1.60. The van der Waals surface area contributed by atoms with Crippen molar-refractivity contribution in [3.63, 3.8) is 0 Å². The number of hydrogen-bond acceptors (Lipinski definition) is 3. The molecule has 2 aromatic carbocycles. The average molecular weight is 338 g/mol. The Morgan fingerprint density at radius 2 is 1.88 bits per heavy atom. The summed E-state index contributed by atoms with van der Waals surface area (Å²) < 4.78 is 7.82. The quantitative estimate of drug-likeness (QED) is 0.589. The summed E-state index contributed by atoms with van der Waals surface area (Å²) in [5.41, 5.74) is 9.53. The fourth-order valence-electron chi connectivity index (χ4n) is 2.90. The summed E-state index contributed by atoms with van der Waals surface area (Å²) in [7, 11) is 0. The molecule has 2 N–H and O–H groups in total. The smallest absolute Gasteiger partial charge is 0.245 e. The second-order valence-corrected chi connectivity index (χ2v) is 6.04. The SMILES string of the molecule is Cc1cnc(-c2c(Cl)c3ccccc3n2-c2ccc(CN)cc2)o1. The molecule has 4 nitrogen and oxygen atoms in total. The number of nitrogens with two attached hydrogens (primary N) is 1. The fourth-order valence-corrected chi connectivity index (χ4v) is 3.23. The summed E-state index contributed by atoms with van der Waals surface area (Å²) in [6.45, 7) is 2.38. The van der Waals surface area contributed by atoms with Crippen LogP contribution >= 0.6 is 11.6 Å². The highest BCUT2D eigenvalue weighted by molar-refractivity contribution is 6.38. The second-order valence-electron chi connectivity index (χ2n) is 5.66. The minimum Gasteiger partial charge on any atom is -0.440 e. The first kappa shape index (κ1) is 15.0. The Kier molecular flexibility index (Phi) is 3.63. The van der Waals surface area contributed by atoms with E-state index in [9.17, 15) is 0 Å². The molecule has 0 atom stereocenters. The lowest BCUT2D eigenvalue weighted by Crippen LogP contribution is -1.99. The molecule has 24 heavy (non-hydrogen) atoms. The Bertz CT molecular complexity index is 1010. The first-order valence-corrected chi connectivity index (χ1v) is 8.08. The number of nitrogens with zero attached hydrogens (tertiary/aromatic N) is 2. The summed E-state index contributed by atoms with van der Waals surface area (Å²) in [6.07, 6.45) is 1.70. The van der Waals surface area contributed by atoms with Crippen molar-refractivity contribution in [3.8, 4) is 17.3 Å². The van der Waals surface area contributed by atoms with E-state index in [0.717, 1.165) is 33.6 Å². The summed E-state index contributed by atoms with van der Waals surface area (Å²) in [6, 6.07) is 16.1. The van der Waals surface area contributed by atoms with Gasteiger partial charge in [0.1, 0.15) is 11.5 Å². The maximum absolute atomic E-state index is 6.67. The molecule has 120 valence electrons. The number of oxazole rings is 1. The van der Waals surface area contributed by atoms with E-state index in [2.05, 4.69) is 9.55 Å². The lowest BCUT2D eigenvalue weighted by atomic mass is 10.2. The van der Waals surface area contributed by atoms with Gasteiger partial charge in [-0.25, -0.2) is 4.98 Å². The molecule has 0 fully saturated rings. The molecule has 0 aliphatic heterocycles. The van der Waals surface area contributed by atoms with E-state index >= 15 is 0 Å². The fraction of sp³-hybridized carbons (Fsp3) is 0.105. The standard InChI is InChI=1S/C19H16ClN3O/c1-12-11-22-19(24-12)18-17(20)15-4-2-3-5-16(15)23(18)14-8-6-13(10-21)7-9-14/h2-9,11H,10,21H2,1H3. The van der Waals surface area contributed by atoms with Crippen LogP contribution < -0.4 is 5.73 Å². The van der Waals surface area contributed by atoms with Crippen LogP contribution in [-0.4, -0.2) is 9.55 Å². The second kappa shape index (κ2) is 5.82. The molecule has 0 unspecified atom stereocenters. The van der Waals surface area contributed by atoms with Gasteiger partial charge in [0, 0.05) is 17.6 Å². The molecule has 0 amide bonds. The predicted molar refractivity (Wildman–Crippen MR) is 96.4 cm³/mol. The molecule has 0 spiro atoms. The van der Waals surface area contributed by atoms with Crippen LogP contribution in [-0.2, 0) is 6.54 Å². The van der Waals surface area contributed by atoms with E-state index in [1.807, 2.05) is 55.5 Å². The monoisotopic (exact) mass is 337 g/mol. The highest BCUT2D eigenvalue weighted by atomic mass is 35.5. The highest BCUT2D eigenvalue weighted by Gasteiger charge is 2.21. The Hall–Kier alpha value is -2.56. The van der Waals surface area contributed by atoms with Gasteiger partial charge in [-0.1, -0.05) is 41.9 Å². The Balaban J connectivity index is 2.04. The number of aromatic nitrogens is 2. The molecule has 0 aliphatic rings. The molecular formula is C19H16ClN3O. The predicted octanol–water partition coefficient (Wildman–Crippen LogP) is 4.71. The van der Waals surface area contributed by atoms with E-state index in [1.165, 1.54) is 0 Å². The third-order valence-corrected chi connectivity index (χ3v) is 4.45. The van der Waals surface area contributed by atoms with Gasteiger partial charge in [0.25, 0.3) is 0 Å². The highest BCUT2D eigenvalue weighted by Crippen LogP contribution is 2.39. The van der Waals surface area contributed by atoms with Crippen LogP contribution in [0.25, 0.3) is 28.2 Å². The third kappa shape index (κ3) is 2.31. The minimum atomic E-state index is 0.511. The average Bonchev–Trinajstić information content (AvgIpc) is 3.17. The number of fused-ring (bicyclic) bond motifs is 1. The lowest BCUT2D eigenvalue weighted by Gasteiger charge is -2.10. The van der Waals surface area contributed by atoms with Crippen LogP contribution in [0.4, 0.5) is 0 Å². The Labute approximate surface area is 144 Å². The van der Waals surface area contributed by atoms with Crippen LogP contribution in [0.1, 0.15) is 11.3 Å².